The van der Waals surface area contributed by atoms with E-state index in [1.165, 1.54) is 37.7 Å². The minimum Gasteiger partial charge on any atom is -0.494 e. The first-order valence-electron chi connectivity index (χ1n) is 7.27. The van der Waals surface area contributed by atoms with Crippen LogP contribution >= 0.6 is 0 Å². The Bertz CT molecular complexity index is 345. The van der Waals surface area contributed by atoms with Crippen molar-refractivity contribution in [3.63, 3.8) is 0 Å². The fourth-order valence-electron chi connectivity index (χ4n) is 2.58. The standard InChI is InChI=1S/C16H25NO/c1-14-7-5-10-16(13-14)18-12-6-11-17-15-8-3-2-4-9-15/h5,7,10,13,15,17H,2-4,6,8-9,11-12H2,1H3. The zero-order chi connectivity index (χ0) is 12.6. The van der Waals surface area contributed by atoms with Crippen molar-refractivity contribution >= 4 is 0 Å². The van der Waals surface area contributed by atoms with Gasteiger partial charge in [-0.1, -0.05) is 31.4 Å². The zero-order valence-corrected chi connectivity index (χ0v) is 11.5. The van der Waals surface area contributed by atoms with E-state index in [-0.39, 0.29) is 0 Å². The molecule has 2 rings (SSSR count). The van der Waals surface area contributed by atoms with E-state index in [4.69, 9.17) is 4.74 Å². The molecule has 0 heterocycles. The summed E-state index contributed by atoms with van der Waals surface area (Å²) in [7, 11) is 0. The summed E-state index contributed by atoms with van der Waals surface area (Å²) in [5, 5.41) is 3.64. The summed E-state index contributed by atoms with van der Waals surface area (Å²) in [6.07, 6.45) is 8.03. The molecule has 0 unspecified atom stereocenters. The highest BCUT2D eigenvalue weighted by Gasteiger charge is 2.11. The van der Waals surface area contributed by atoms with Crippen LogP contribution in [0.25, 0.3) is 0 Å². The van der Waals surface area contributed by atoms with Crippen LogP contribution in [-0.4, -0.2) is 19.2 Å². The van der Waals surface area contributed by atoms with Crippen LogP contribution in [0.5, 0.6) is 5.75 Å². The van der Waals surface area contributed by atoms with E-state index >= 15 is 0 Å². The quantitative estimate of drug-likeness (QED) is 0.774. The van der Waals surface area contributed by atoms with E-state index < -0.39 is 0 Å². The Morgan fingerprint density at radius 3 is 2.83 bits per heavy atom. The highest BCUT2D eigenvalue weighted by Crippen LogP contribution is 2.17. The molecule has 18 heavy (non-hydrogen) atoms. The Hall–Kier alpha value is -1.02. The van der Waals surface area contributed by atoms with Crippen LogP contribution in [0.3, 0.4) is 0 Å². The predicted octanol–water partition coefficient (Wildman–Crippen LogP) is 3.69. The van der Waals surface area contributed by atoms with Gasteiger partial charge in [0, 0.05) is 6.04 Å². The summed E-state index contributed by atoms with van der Waals surface area (Å²) in [5.41, 5.74) is 1.26. The van der Waals surface area contributed by atoms with Gasteiger partial charge in [0.15, 0.2) is 0 Å². The molecule has 0 amide bonds. The third-order valence-electron chi connectivity index (χ3n) is 3.62. The number of hydrogen-bond acceptors (Lipinski definition) is 2. The van der Waals surface area contributed by atoms with E-state index in [0.717, 1.165) is 31.4 Å². The van der Waals surface area contributed by atoms with Crippen molar-refractivity contribution in [1.29, 1.82) is 0 Å². The average Bonchev–Trinajstić information content (AvgIpc) is 2.40. The lowest BCUT2D eigenvalue weighted by molar-refractivity contribution is 0.296. The molecule has 0 aliphatic heterocycles. The Kier molecular flexibility index (Phi) is 5.53. The summed E-state index contributed by atoms with van der Waals surface area (Å²) < 4.78 is 5.74. The highest BCUT2D eigenvalue weighted by molar-refractivity contribution is 5.27. The lowest BCUT2D eigenvalue weighted by Crippen LogP contribution is -2.32. The van der Waals surface area contributed by atoms with Crippen LogP contribution in [0, 0.1) is 6.92 Å². The molecule has 1 aromatic rings. The zero-order valence-electron chi connectivity index (χ0n) is 11.5. The SMILES string of the molecule is Cc1cccc(OCCCNC2CCCCC2)c1. The van der Waals surface area contributed by atoms with Crippen LogP contribution in [-0.2, 0) is 0 Å². The van der Waals surface area contributed by atoms with E-state index in [9.17, 15) is 0 Å². The van der Waals surface area contributed by atoms with Gasteiger partial charge in [-0.05, 0) is 50.4 Å². The molecule has 2 heteroatoms. The number of rotatable bonds is 6. The van der Waals surface area contributed by atoms with E-state index in [0.29, 0.717) is 0 Å². The minimum atomic E-state index is 0.762. The first-order valence-corrected chi connectivity index (χ1v) is 7.27. The molecule has 100 valence electrons. The van der Waals surface area contributed by atoms with Gasteiger partial charge >= 0.3 is 0 Å². The number of aryl methyl sites for hydroxylation is 1. The van der Waals surface area contributed by atoms with Gasteiger partial charge in [0.1, 0.15) is 5.75 Å². The molecule has 1 aliphatic rings. The lowest BCUT2D eigenvalue weighted by atomic mass is 9.95. The Labute approximate surface area is 111 Å². The summed E-state index contributed by atoms with van der Waals surface area (Å²) in [6, 6.07) is 9.02. The molecule has 0 spiro atoms. The van der Waals surface area contributed by atoms with Crippen molar-refractivity contribution in [3.8, 4) is 5.75 Å². The molecule has 0 radical (unpaired) electrons. The van der Waals surface area contributed by atoms with E-state index in [1.807, 2.05) is 12.1 Å². The fraction of sp³-hybridized carbons (Fsp3) is 0.625. The summed E-state index contributed by atoms with van der Waals surface area (Å²) >= 11 is 0. The van der Waals surface area contributed by atoms with Crippen LogP contribution in [0.15, 0.2) is 24.3 Å². The topological polar surface area (TPSA) is 21.3 Å². The average molecular weight is 247 g/mol. The van der Waals surface area contributed by atoms with Gasteiger partial charge in [0.2, 0.25) is 0 Å². The third kappa shape index (κ3) is 4.69. The van der Waals surface area contributed by atoms with Gasteiger partial charge < -0.3 is 10.1 Å². The van der Waals surface area contributed by atoms with E-state index in [1.54, 1.807) is 0 Å². The molecular formula is C16H25NO. The van der Waals surface area contributed by atoms with Crippen LogP contribution < -0.4 is 10.1 Å². The molecule has 1 fully saturated rings. The van der Waals surface area contributed by atoms with Crippen molar-refractivity contribution in [2.75, 3.05) is 13.2 Å². The maximum absolute atomic E-state index is 5.74. The number of ether oxygens (including phenoxy) is 1. The van der Waals surface area contributed by atoms with Crippen molar-refractivity contribution in [2.24, 2.45) is 0 Å². The fourth-order valence-corrected chi connectivity index (χ4v) is 2.58. The Balaban J connectivity index is 1.55. The van der Waals surface area contributed by atoms with Gasteiger partial charge in [-0.15, -0.1) is 0 Å². The first kappa shape index (κ1) is 13.4. The summed E-state index contributed by atoms with van der Waals surface area (Å²) in [5.74, 6) is 0.993. The molecule has 2 nitrogen and oxygen atoms in total. The summed E-state index contributed by atoms with van der Waals surface area (Å²) in [4.78, 5) is 0. The maximum Gasteiger partial charge on any atom is 0.119 e. The van der Waals surface area contributed by atoms with Gasteiger partial charge in [-0.2, -0.15) is 0 Å². The van der Waals surface area contributed by atoms with Gasteiger partial charge in [0.05, 0.1) is 6.61 Å². The van der Waals surface area contributed by atoms with Gasteiger partial charge in [-0.25, -0.2) is 0 Å². The molecule has 1 N–H and O–H groups in total. The highest BCUT2D eigenvalue weighted by atomic mass is 16.5. The van der Waals surface area contributed by atoms with Crippen LogP contribution in [0.4, 0.5) is 0 Å². The Morgan fingerprint density at radius 2 is 2.06 bits per heavy atom. The van der Waals surface area contributed by atoms with Crippen molar-refractivity contribution in [3.05, 3.63) is 29.8 Å². The van der Waals surface area contributed by atoms with Gasteiger partial charge in [0.25, 0.3) is 0 Å². The molecule has 1 aromatic carbocycles. The second kappa shape index (κ2) is 7.42. The van der Waals surface area contributed by atoms with Crippen molar-refractivity contribution in [1.82, 2.24) is 5.32 Å². The summed E-state index contributed by atoms with van der Waals surface area (Å²) in [6.45, 7) is 3.98. The van der Waals surface area contributed by atoms with Crippen molar-refractivity contribution < 1.29 is 4.74 Å². The van der Waals surface area contributed by atoms with Crippen LogP contribution in [0.1, 0.15) is 44.1 Å². The lowest BCUT2D eigenvalue weighted by Gasteiger charge is -2.22. The molecular weight excluding hydrogens is 222 g/mol. The molecule has 0 bridgehead atoms. The minimum absolute atomic E-state index is 0.762. The van der Waals surface area contributed by atoms with Crippen LogP contribution in [0.2, 0.25) is 0 Å². The largest absolute Gasteiger partial charge is 0.494 e. The first-order chi connectivity index (χ1) is 8.84. The monoisotopic (exact) mass is 247 g/mol. The molecule has 0 atom stereocenters. The predicted molar refractivity (Wildman–Crippen MR) is 76.2 cm³/mol. The number of nitrogens with one attached hydrogen (secondary N) is 1. The molecule has 0 aromatic heterocycles. The number of benzene rings is 1. The second-order valence-electron chi connectivity index (χ2n) is 5.31. The third-order valence-corrected chi connectivity index (χ3v) is 3.62. The number of hydrogen-bond donors (Lipinski definition) is 1. The maximum atomic E-state index is 5.74. The second-order valence-corrected chi connectivity index (χ2v) is 5.31. The smallest absolute Gasteiger partial charge is 0.119 e. The van der Waals surface area contributed by atoms with E-state index in [2.05, 4.69) is 24.4 Å². The normalized spacial score (nSPS) is 16.7. The molecule has 1 aliphatic carbocycles. The molecule has 0 saturated heterocycles. The van der Waals surface area contributed by atoms with Crippen molar-refractivity contribution in [2.45, 2.75) is 51.5 Å². The van der Waals surface area contributed by atoms with Gasteiger partial charge in [-0.3, -0.25) is 0 Å². The molecule has 1 saturated carbocycles. The Morgan fingerprint density at radius 1 is 1.22 bits per heavy atom.